The third-order valence-electron chi connectivity index (χ3n) is 3.04. The van der Waals surface area contributed by atoms with Gasteiger partial charge in [0.15, 0.2) is 0 Å². The van der Waals surface area contributed by atoms with E-state index in [1.807, 2.05) is 0 Å². The Morgan fingerprint density at radius 2 is 2.17 bits per heavy atom. The van der Waals surface area contributed by atoms with Crippen LogP contribution in [0.2, 0.25) is 5.02 Å². The van der Waals surface area contributed by atoms with Gasteiger partial charge in [-0.2, -0.15) is 0 Å². The van der Waals surface area contributed by atoms with Crippen LogP contribution in [0.1, 0.15) is 18.2 Å². The van der Waals surface area contributed by atoms with Gasteiger partial charge in [-0.15, -0.1) is 0 Å². The molecule has 0 radical (unpaired) electrons. The molecule has 3 nitrogen and oxygen atoms in total. The second-order valence-corrected chi connectivity index (χ2v) is 4.84. The lowest BCUT2D eigenvalue weighted by Gasteiger charge is -2.24. The molecule has 0 aliphatic carbocycles. The fraction of sp³-hybridized carbons (Fsp3) is 0.214. The van der Waals surface area contributed by atoms with E-state index in [9.17, 15) is 9.90 Å². The van der Waals surface area contributed by atoms with Gasteiger partial charge in [0, 0.05) is 11.4 Å². The third kappa shape index (κ3) is 2.41. The highest BCUT2D eigenvalue weighted by molar-refractivity contribution is 6.30. The first-order valence-electron chi connectivity index (χ1n) is 5.54. The monoisotopic (exact) mass is 264 g/mol. The van der Waals surface area contributed by atoms with Crippen molar-refractivity contribution in [1.29, 1.82) is 0 Å². The summed E-state index contributed by atoms with van der Waals surface area (Å²) in [5.74, 6) is -0.263. The number of carbonyl (C=O) groups is 1. The molecule has 1 aromatic carbocycles. The van der Waals surface area contributed by atoms with Crippen molar-refractivity contribution in [2.75, 3.05) is 0 Å². The average Bonchev–Trinajstić information content (AvgIpc) is 2.81. The molecule has 94 valence electrons. The minimum Gasteiger partial charge on any atom is -0.481 e. The van der Waals surface area contributed by atoms with E-state index in [1.165, 1.54) is 6.26 Å². The van der Waals surface area contributed by atoms with Gasteiger partial charge in [-0.25, -0.2) is 0 Å². The molecule has 0 bridgehead atoms. The van der Waals surface area contributed by atoms with Crippen LogP contribution in [0.5, 0.6) is 0 Å². The molecular formula is C14H13ClO3. The fourth-order valence-corrected chi connectivity index (χ4v) is 2.08. The van der Waals surface area contributed by atoms with Crippen molar-refractivity contribution in [1.82, 2.24) is 0 Å². The lowest BCUT2D eigenvalue weighted by Crippen LogP contribution is -2.34. The lowest BCUT2D eigenvalue weighted by molar-refractivity contribution is -0.143. The summed E-state index contributed by atoms with van der Waals surface area (Å²) in [5.41, 5.74) is -0.387. The zero-order chi connectivity index (χ0) is 13.2. The Labute approximate surface area is 110 Å². The molecule has 0 aliphatic heterocycles. The summed E-state index contributed by atoms with van der Waals surface area (Å²) in [6, 6.07) is 10.4. The number of furan rings is 1. The minimum atomic E-state index is -1.05. The van der Waals surface area contributed by atoms with Crippen molar-refractivity contribution in [3.8, 4) is 0 Å². The summed E-state index contributed by atoms with van der Waals surface area (Å²) in [6.07, 6.45) is 1.82. The van der Waals surface area contributed by atoms with Crippen molar-refractivity contribution < 1.29 is 14.3 Å². The fourth-order valence-electron chi connectivity index (χ4n) is 1.89. The molecule has 2 aromatic rings. The van der Waals surface area contributed by atoms with E-state index in [0.29, 0.717) is 16.3 Å². The second-order valence-electron chi connectivity index (χ2n) is 4.40. The number of hydrogen-bond donors (Lipinski definition) is 1. The maximum atomic E-state index is 11.6. The molecule has 1 heterocycles. The van der Waals surface area contributed by atoms with Crippen LogP contribution in [0.3, 0.4) is 0 Å². The molecule has 0 saturated heterocycles. The van der Waals surface area contributed by atoms with Gasteiger partial charge in [-0.3, -0.25) is 4.79 Å². The molecule has 0 spiro atoms. The maximum absolute atomic E-state index is 11.6. The van der Waals surface area contributed by atoms with Crippen LogP contribution < -0.4 is 0 Å². The summed E-state index contributed by atoms with van der Waals surface area (Å²) < 4.78 is 5.23. The highest BCUT2D eigenvalue weighted by atomic mass is 35.5. The number of carboxylic acids is 1. The van der Waals surface area contributed by atoms with Gasteiger partial charge >= 0.3 is 5.97 Å². The van der Waals surface area contributed by atoms with E-state index < -0.39 is 11.4 Å². The Morgan fingerprint density at radius 1 is 1.39 bits per heavy atom. The Morgan fingerprint density at radius 3 is 2.72 bits per heavy atom. The van der Waals surface area contributed by atoms with Gasteiger partial charge in [-0.05, 0) is 36.8 Å². The van der Waals surface area contributed by atoms with E-state index in [1.54, 1.807) is 43.3 Å². The molecule has 4 heteroatoms. The van der Waals surface area contributed by atoms with Gasteiger partial charge in [0.1, 0.15) is 5.76 Å². The van der Waals surface area contributed by atoms with Crippen LogP contribution in [-0.2, 0) is 16.6 Å². The Kier molecular flexibility index (Phi) is 3.43. The second kappa shape index (κ2) is 4.86. The first-order valence-corrected chi connectivity index (χ1v) is 5.92. The number of hydrogen-bond acceptors (Lipinski definition) is 2. The maximum Gasteiger partial charge on any atom is 0.314 e. The molecule has 0 saturated carbocycles. The quantitative estimate of drug-likeness (QED) is 0.919. The largest absolute Gasteiger partial charge is 0.481 e. The van der Waals surface area contributed by atoms with Crippen LogP contribution >= 0.6 is 11.6 Å². The van der Waals surface area contributed by atoms with Crippen LogP contribution in [-0.4, -0.2) is 11.1 Å². The average molecular weight is 265 g/mol. The van der Waals surface area contributed by atoms with Crippen molar-refractivity contribution in [3.63, 3.8) is 0 Å². The summed E-state index contributed by atoms with van der Waals surface area (Å²) in [6.45, 7) is 1.67. The SMILES string of the molecule is CC(Cc1ccco1)(C(=O)O)c1cccc(Cl)c1. The molecular weight excluding hydrogens is 252 g/mol. The van der Waals surface area contributed by atoms with Crippen LogP contribution in [0, 0.1) is 0 Å². The molecule has 1 atom stereocenters. The van der Waals surface area contributed by atoms with E-state index in [2.05, 4.69) is 0 Å². The minimum absolute atomic E-state index is 0.287. The molecule has 0 aliphatic rings. The molecule has 0 fully saturated rings. The molecule has 0 amide bonds. The van der Waals surface area contributed by atoms with E-state index in [-0.39, 0.29) is 6.42 Å². The van der Waals surface area contributed by atoms with Crippen molar-refractivity contribution >= 4 is 17.6 Å². The molecule has 2 rings (SSSR count). The number of carboxylic acid groups (broad SMARTS) is 1. The zero-order valence-electron chi connectivity index (χ0n) is 9.89. The van der Waals surface area contributed by atoms with Gasteiger partial charge in [0.2, 0.25) is 0 Å². The van der Waals surface area contributed by atoms with E-state index in [4.69, 9.17) is 16.0 Å². The van der Waals surface area contributed by atoms with Gasteiger partial charge in [0.05, 0.1) is 11.7 Å². The molecule has 18 heavy (non-hydrogen) atoms. The Hall–Kier alpha value is -1.74. The normalized spacial score (nSPS) is 14.1. The third-order valence-corrected chi connectivity index (χ3v) is 3.28. The molecule has 1 aromatic heterocycles. The zero-order valence-corrected chi connectivity index (χ0v) is 10.6. The number of aliphatic carboxylic acids is 1. The number of rotatable bonds is 4. The van der Waals surface area contributed by atoms with Gasteiger partial charge < -0.3 is 9.52 Å². The Bertz CT molecular complexity index is 548. The van der Waals surface area contributed by atoms with Gasteiger partial charge in [-0.1, -0.05) is 23.7 Å². The highest BCUT2D eigenvalue weighted by Gasteiger charge is 2.36. The van der Waals surface area contributed by atoms with Crippen LogP contribution in [0.4, 0.5) is 0 Å². The Balaban J connectivity index is 2.41. The number of benzene rings is 1. The summed E-state index contributed by atoms with van der Waals surface area (Å²) in [4.78, 5) is 11.6. The summed E-state index contributed by atoms with van der Waals surface area (Å²) in [5, 5.41) is 10.0. The highest BCUT2D eigenvalue weighted by Crippen LogP contribution is 2.30. The van der Waals surface area contributed by atoms with Crippen molar-refractivity contribution in [3.05, 3.63) is 59.0 Å². The first-order chi connectivity index (χ1) is 8.52. The smallest absolute Gasteiger partial charge is 0.314 e. The van der Waals surface area contributed by atoms with Crippen molar-refractivity contribution in [2.24, 2.45) is 0 Å². The summed E-state index contributed by atoms with van der Waals surface area (Å²) in [7, 11) is 0. The standard InChI is InChI=1S/C14H13ClO3/c1-14(13(16)17,9-12-6-3-7-18-12)10-4-2-5-11(15)8-10/h2-8H,9H2,1H3,(H,16,17). The first kappa shape index (κ1) is 12.7. The van der Waals surface area contributed by atoms with Crippen LogP contribution in [0.25, 0.3) is 0 Å². The predicted octanol–water partition coefficient (Wildman–Crippen LogP) is 3.52. The van der Waals surface area contributed by atoms with Crippen LogP contribution in [0.15, 0.2) is 47.1 Å². The topological polar surface area (TPSA) is 50.4 Å². The van der Waals surface area contributed by atoms with Crippen molar-refractivity contribution in [2.45, 2.75) is 18.8 Å². The molecule has 1 unspecified atom stereocenters. The lowest BCUT2D eigenvalue weighted by atomic mass is 9.79. The molecule has 1 N–H and O–H groups in total. The predicted molar refractivity (Wildman–Crippen MR) is 68.9 cm³/mol. The van der Waals surface area contributed by atoms with E-state index >= 15 is 0 Å². The number of halogens is 1. The van der Waals surface area contributed by atoms with Gasteiger partial charge in [0.25, 0.3) is 0 Å². The summed E-state index contributed by atoms with van der Waals surface area (Å²) >= 11 is 5.92. The van der Waals surface area contributed by atoms with E-state index in [0.717, 1.165) is 0 Å².